The lowest BCUT2D eigenvalue weighted by molar-refractivity contribution is 0.0547. The van der Waals surface area contributed by atoms with E-state index >= 15 is 0 Å². The van der Waals surface area contributed by atoms with Crippen LogP contribution < -0.4 is 5.32 Å². The van der Waals surface area contributed by atoms with Gasteiger partial charge >= 0.3 is 0 Å². The van der Waals surface area contributed by atoms with E-state index in [9.17, 15) is 0 Å². The average Bonchev–Trinajstić information content (AvgIpc) is 3.02. The maximum Gasteiger partial charge on any atom is 0.0332 e. The molecule has 2 atom stereocenters. The molecule has 1 N–H and O–H groups in total. The molecule has 1 saturated carbocycles. The smallest absolute Gasteiger partial charge is 0.0332 e. The maximum atomic E-state index is 3.62. The van der Waals surface area contributed by atoms with Gasteiger partial charge in [-0.1, -0.05) is 0 Å². The Hall–Kier alpha value is -0.420. The number of nitrogens with one attached hydrogen (secondary N) is 1. The van der Waals surface area contributed by atoms with E-state index in [1.54, 1.807) is 4.88 Å². The lowest BCUT2D eigenvalue weighted by atomic mass is 10.1. The molecule has 4 heteroatoms. The van der Waals surface area contributed by atoms with Gasteiger partial charge in [0.2, 0.25) is 0 Å². The van der Waals surface area contributed by atoms with Crippen LogP contribution >= 0.6 is 11.3 Å². The SMILES string of the molecule is CC1CN2CCCC2CN1Cc1ccc(CNC2CC2)s1. The van der Waals surface area contributed by atoms with E-state index in [0.717, 1.165) is 25.2 Å². The van der Waals surface area contributed by atoms with Crippen molar-refractivity contribution in [3.63, 3.8) is 0 Å². The number of piperazine rings is 1. The highest BCUT2D eigenvalue weighted by molar-refractivity contribution is 7.11. The molecule has 1 aromatic heterocycles. The van der Waals surface area contributed by atoms with Crippen molar-refractivity contribution in [2.24, 2.45) is 0 Å². The second-order valence-electron chi connectivity index (χ2n) is 7.09. The minimum atomic E-state index is 0.703. The minimum absolute atomic E-state index is 0.703. The summed E-state index contributed by atoms with van der Waals surface area (Å²) in [6, 6.07) is 7.02. The van der Waals surface area contributed by atoms with Crippen molar-refractivity contribution < 1.29 is 0 Å². The zero-order valence-corrected chi connectivity index (χ0v) is 13.9. The van der Waals surface area contributed by atoms with Gasteiger partial charge in [0.25, 0.3) is 0 Å². The predicted octanol–water partition coefficient (Wildman–Crippen LogP) is 2.67. The molecular weight excluding hydrogens is 278 g/mol. The van der Waals surface area contributed by atoms with E-state index < -0.39 is 0 Å². The fourth-order valence-corrected chi connectivity index (χ4v) is 4.80. The highest BCUT2D eigenvalue weighted by atomic mass is 32.1. The van der Waals surface area contributed by atoms with Crippen LogP contribution in [0.4, 0.5) is 0 Å². The number of hydrogen-bond donors (Lipinski definition) is 1. The number of rotatable bonds is 5. The highest BCUT2D eigenvalue weighted by Gasteiger charge is 2.34. The molecule has 2 aliphatic heterocycles. The van der Waals surface area contributed by atoms with Gasteiger partial charge in [0.1, 0.15) is 0 Å². The van der Waals surface area contributed by atoms with Crippen molar-refractivity contribution in [3.8, 4) is 0 Å². The van der Waals surface area contributed by atoms with Gasteiger partial charge in [0.15, 0.2) is 0 Å². The first kappa shape index (κ1) is 14.2. The maximum absolute atomic E-state index is 3.62. The summed E-state index contributed by atoms with van der Waals surface area (Å²) in [5.41, 5.74) is 0. The van der Waals surface area contributed by atoms with Crippen LogP contribution in [-0.4, -0.2) is 47.6 Å². The largest absolute Gasteiger partial charge is 0.309 e. The van der Waals surface area contributed by atoms with Gasteiger partial charge in [0.05, 0.1) is 0 Å². The number of hydrogen-bond acceptors (Lipinski definition) is 4. The number of nitrogens with zero attached hydrogens (tertiary/aromatic N) is 2. The Morgan fingerprint density at radius 1 is 1.19 bits per heavy atom. The molecule has 0 radical (unpaired) electrons. The van der Waals surface area contributed by atoms with Crippen LogP contribution in [0, 0.1) is 0 Å². The van der Waals surface area contributed by atoms with Crippen molar-refractivity contribution in [1.29, 1.82) is 0 Å². The number of fused-ring (bicyclic) bond motifs is 1. The molecule has 3 nitrogen and oxygen atoms in total. The second kappa shape index (κ2) is 5.99. The van der Waals surface area contributed by atoms with Crippen molar-refractivity contribution in [2.75, 3.05) is 19.6 Å². The summed E-state index contributed by atoms with van der Waals surface area (Å²) in [7, 11) is 0. The molecule has 21 heavy (non-hydrogen) atoms. The van der Waals surface area contributed by atoms with E-state index in [1.807, 2.05) is 11.3 Å². The molecule has 116 valence electrons. The first-order valence-electron chi connectivity index (χ1n) is 8.57. The van der Waals surface area contributed by atoms with Gasteiger partial charge in [-0.05, 0) is 51.3 Å². The third kappa shape index (κ3) is 3.34. The van der Waals surface area contributed by atoms with E-state index in [1.165, 1.54) is 50.2 Å². The minimum Gasteiger partial charge on any atom is -0.309 e. The zero-order chi connectivity index (χ0) is 14.2. The van der Waals surface area contributed by atoms with Gasteiger partial charge in [-0.25, -0.2) is 0 Å². The molecule has 3 heterocycles. The molecule has 1 aromatic rings. The van der Waals surface area contributed by atoms with Gasteiger partial charge in [-0.3, -0.25) is 9.80 Å². The molecule has 0 bridgehead atoms. The molecule has 0 aromatic carbocycles. The molecule has 0 amide bonds. The van der Waals surface area contributed by atoms with Gasteiger partial charge in [-0.2, -0.15) is 0 Å². The Labute approximate surface area is 132 Å². The van der Waals surface area contributed by atoms with Crippen molar-refractivity contribution in [1.82, 2.24) is 15.1 Å². The normalized spacial score (nSPS) is 30.7. The Kier molecular flexibility index (Phi) is 4.05. The summed E-state index contributed by atoms with van der Waals surface area (Å²) in [4.78, 5) is 8.46. The molecule has 3 fully saturated rings. The fourth-order valence-electron chi connectivity index (χ4n) is 3.80. The number of thiophene rings is 1. The highest BCUT2D eigenvalue weighted by Crippen LogP contribution is 2.27. The molecule has 2 unspecified atom stereocenters. The van der Waals surface area contributed by atoms with E-state index in [2.05, 4.69) is 34.2 Å². The monoisotopic (exact) mass is 305 g/mol. The van der Waals surface area contributed by atoms with Crippen LogP contribution in [0.3, 0.4) is 0 Å². The molecule has 1 aliphatic carbocycles. The fraction of sp³-hybridized carbons (Fsp3) is 0.765. The summed E-state index contributed by atoms with van der Waals surface area (Å²) in [5.74, 6) is 0. The van der Waals surface area contributed by atoms with E-state index in [-0.39, 0.29) is 0 Å². The Balaban J connectivity index is 1.34. The van der Waals surface area contributed by atoms with E-state index in [4.69, 9.17) is 0 Å². The summed E-state index contributed by atoms with van der Waals surface area (Å²) in [6.45, 7) is 8.50. The summed E-state index contributed by atoms with van der Waals surface area (Å²) < 4.78 is 0. The summed E-state index contributed by atoms with van der Waals surface area (Å²) in [5, 5.41) is 3.62. The second-order valence-corrected chi connectivity index (χ2v) is 8.35. The first-order chi connectivity index (χ1) is 10.3. The summed E-state index contributed by atoms with van der Waals surface area (Å²) in [6.07, 6.45) is 5.56. The predicted molar refractivity (Wildman–Crippen MR) is 88.6 cm³/mol. The third-order valence-corrected chi connectivity index (χ3v) is 6.35. The van der Waals surface area contributed by atoms with Crippen LogP contribution in [0.25, 0.3) is 0 Å². The van der Waals surface area contributed by atoms with Gasteiger partial charge < -0.3 is 5.32 Å². The Morgan fingerprint density at radius 2 is 2.05 bits per heavy atom. The van der Waals surface area contributed by atoms with Crippen LogP contribution in [0.2, 0.25) is 0 Å². The zero-order valence-electron chi connectivity index (χ0n) is 13.1. The van der Waals surface area contributed by atoms with Gasteiger partial charge in [0, 0.05) is 54.1 Å². The lowest BCUT2D eigenvalue weighted by Crippen LogP contribution is -2.54. The average molecular weight is 305 g/mol. The van der Waals surface area contributed by atoms with Crippen LogP contribution in [0.5, 0.6) is 0 Å². The first-order valence-corrected chi connectivity index (χ1v) is 9.38. The van der Waals surface area contributed by atoms with Crippen LogP contribution in [0.15, 0.2) is 12.1 Å². The Morgan fingerprint density at radius 3 is 2.90 bits per heavy atom. The topological polar surface area (TPSA) is 18.5 Å². The van der Waals surface area contributed by atoms with E-state index in [0.29, 0.717) is 6.04 Å². The molecule has 0 spiro atoms. The molecule has 2 saturated heterocycles. The third-order valence-electron chi connectivity index (χ3n) is 5.28. The van der Waals surface area contributed by atoms with Crippen LogP contribution in [-0.2, 0) is 13.1 Å². The van der Waals surface area contributed by atoms with Crippen molar-refractivity contribution in [3.05, 3.63) is 21.9 Å². The lowest BCUT2D eigenvalue weighted by Gasteiger charge is -2.42. The summed E-state index contributed by atoms with van der Waals surface area (Å²) >= 11 is 2.01. The van der Waals surface area contributed by atoms with Crippen molar-refractivity contribution >= 4 is 11.3 Å². The van der Waals surface area contributed by atoms with Crippen molar-refractivity contribution in [2.45, 2.75) is 63.8 Å². The molecule has 3 aliphatic rings. The quantitative estimate of drug-likeness (QED) is 0.902. The van der Waals surface area contributed by atoms with Gasteiger partial charge in [-0.15, -0.1) is 11.3 Å². The van der Waals surface area contributed by atoms with Crippen LogP contribution in [0.1, 0.15) is 42.4 Å². The Bertz CT molecular complexity index is 482. The molecular formula is C17H27N3S. The molecule has 4 rings (SSSR count). The standard InChI is InChI=1S/C17H27N3S/c1-13-10-19-8-2-3-15(19)11-20(13)12-17-7-6-16(21-17)9-18-14-4-5-14/h6-7,13-15,18H,2-5,8-12H2,1H3.